The van der Waals surface area contributed by atoms with Gasteiger partial charge in [-0.15, -0.1) is 11.8 Å². The largest absolute Gasteiger partial charge is 0.478 e. The Labute approximate surface area is 160 Å². The summed E-state index contributed by atoms with van der Waals surface area (Å²) in [4.78, 5) is 11.1. The van der Waals surface area contributed by atoms with Crippen LogP contribution in [0.25, 0.3) is 0 Å². The van der Waals surface area contributed by atoms with Crippen molar-refractivity contribution in [2.24, 2.45) is 5.73 Å². The van der Waals surface area contributed by atoms with Gasteiger partial charge in [0.1, 0.15) is 0 Å². The summed E-state index contributed by atoms with van der Waals surface area (Å²) in [5.41, 5.74) is 4.87. The molecule has 10 heteroatoms. The van der Waals surface area contributed by atoms with Gasteiger partial charge in [0, 0.05) is 24.2 Å². The second-order valence-electron chi connectivity index (χ2n) is 5.46. The number of hydrogen-bond acceptors (Lipinski definition) is 5. The zero-order chi connectivity index (χ0) is 20.0. The lowest BCUT2D eigenvalue weighted by Gasteiger charge is -2.17. The fourth-order valence-corrected chi connectivity index (χ4v) is 4.37. The van der Waals surface area contributed by atoms with Crippen molar-refractivity contribution in [2.45, 2.75) is 9.79 Å². The molecule has 2 aromatic carbocycles. The van der Waals surface area contributed by atoms with E-state index < -0.39 is 39.9 Å². The highest BCUT2D eigenvalue weighted by Gasteiger charge is 2.20. The molecule has 2 N–H and O–H groups in total. The highest BCUT2D eigenvalue weighted by atomic mass is 32.2. The molecule has 0 aromatic heterocycles. The van der Waals surface area contributed by atoms with E-state index in [4.69, 9.17) is 10.5 Å². The first-order valence-electron chi connectivity index (χ1n) is 7.76. The average molecular weight is 415 g/mol. The van der Waals surface area contributed by atoms with E-state index in [9.17, 15) is 22.0 Å². The molecule has 2 rings (SSSR count). The molecule has 0 heterocycles. The molecular weight excluding hydrogens is 397 g/mol. The van der Waals surface area contributed by atoms with Crippen molar-refractivity contribution >= 4 is 27.7 Å². The van der Waals surface area contributed by atoms with Crippen LogP contribution in [0.5, 0.6) is 5.75 Å². The normalized spacial score (nSPS) is 11.6. The minimum atomic E-state index is -3.62. The number of carbonyl (C=O) groups is 1. The van der Waals surface area contributed by atoms with Gasteiger partial charge in [0.15, 0.2) is 24.0 Å². The molecule has 0 unspecified atom stereocenters. The molecule has 0 saturated carbocycles. The third-order valence-corrected chi connectivity index (χ3v) is 6.28. The van der Waals surface area contributed by atoms with Crippen LogP contribution < -0.4 is 10.5 Å². The van der Waals surface area contributed by atoms with Crippen LogP contribution >= 0.6 is 11.8 Å². The first-order chi connectivity index (χ1) is 12.7. The molecular formula is C17H18F2N2O4S2. The Hall–Kier alpha value is -2.17. The number of hydrogen-bond donors (Lipinski definition) is 1. The van der Waals surface area contributed by atoms with Crippen molar-refractivity contribution < 1.29 is 26.7 Å². The third kappa shape index (κ3) is 5.65. The van der Waals surface area contributed by atoms with Crippen molar-refractivity contribution in [3.63, 3.8) is 0 Å². The molecule has 0 aliphatic heterocycles. The average Bonchev–Trinajstić information content (AvgIpc) is 2.61. The zero-order valence-electron chi connectivity index (χ0n) is 14.4. The Morgan fingerprint density at radius 1 is 1.19 bits per heavy atom. The highest BCUT2D eigenvalue weighted by Crippen LogP contribution is 2.28. The monoisotopic (exact) mass is 415 g/mol. The maximum absolute atomic E-state index is 13.9. The Morgan fingerprint density at radius 2 is 1.78 bits per heavy atom. The molecule has 0 aliphatic carbocycles. The fourth-order valence-electron chi connectivity index (χ4n) is 2.09. The molecule has 0 spiro atoms. The SMILES string of the molecule is [11CH3]N(CCSc1cc(F)c(OCC(N)=O)c(F)c1)S(=O)(=O)c1ccccc1. The summed E-state index contributed by atoms with van der Waals surface area (Å²) in [6.07, 6.45) is 0. The van der Waals surface area contributed by atoms with Crippen molar-refractivity contribution in [1.82, 2.24) is 4.31 Å². The number of halogens is 2. The van der Waals surface area contributed by atoms with Gasteiger partial charge in [-0.25, -0.2) is 21.5 Å². The highest BCUT2D eigenvalue weighted by molar-refractivity contribution is 7.99. The topological polar surface area (TPSA) is 89.7 Å². The molecule has 0 fully saturated rings. The van der Waals surface area contributed by atoms with Gasteiger partial charge in [-0.3, -0.25) is 4.79 Å². The van der Waals surface area contributed by atoms with E-state index in [-0.39, 0.29) is 22.1 Å². The van der Waals surface area contributed by atoms with Gasteiger partial charge in [0.05, 0.1) is 4.90 Å². The quantitative estimate of drug-likeness (QED) is 0.635. The Balaban J connectivity index is 1.98. The van der Waals surface area contributed by atoms with Gasteiger partial charge in [-0.1, -0.05) is 18.2 Å². The Morgan fingerprint density at radius 3 is 2.33 bits per heavy atom. The summed E-state index contributed by atoms with van der Waals surface area (Å²) < 4.78 is 58.5. The van der Waals surface area contributed by atoms with Gasteiger partial charge >= 0.3 is 0 Å². The lowest BCUT2D eigenvalue weighted by Crippen LogP contribution is -2.29. The third-order valence-electron chi connectivity index (χ3n) is 3.46. The van der Waals surface area contributed by atoms with E-state index in [1.165, 1.54) is 23.5 Å². The van der Waals surface area contributed by atoms with Gasteiger partial charge < -0.3 is 10.5 Å². The van der Waals surface area contributed by atoms with Crippen molar-refractivity contribution in [2.75, 3.05) is 26.0 Å². The Kier molecular flexibility index (Phi) is 7.17. The molecule has 146 valence electrons. The lowest BCUT2D eigenvalue weighted by atomic mass is 10.3. The van der Waals surface area contributed by atoms with Crippen LogP contribution in [0.1, 0.15) is 0 Å². The van der Waals surface area contributed by atoms with Crippen LogP contribution in [0.2, 0.25) is 0 Å². The molecule has 6 nitrogen and oxygen atoms in total. The van der Waals surface area contributed by atoms with Crippen LogP contribution in [0.3, 0.4) is 0 Å². The fraction of sp³-hybridized carbons (Fsp3) is 0.235. The molecule has 0 saturated heterocycles. The van der Waals surface area contributed by atoms with E-state index in [2.05, 4.69) is 0 Å². The number of primary amides is 1. The number of benzene rings is 2. The van der Waals surface area contributed by atoms with Gasteiger partial charge in [-0.2, -0.15) is 0 Å². The van der Waals surface area contributed by atoms with Crippen LogP contribution in [0, 0.1) is 11.6 Å². The van der Waals surface area contributed by atoms with Crippen LogP contribution in [0.15, 0.2) is 52.3 Å². The van der Waals surface area contributed by atoms with Crippen LogP contribution in [-0.2, 0) is 14.8 Å². The lowest BCUT2D eigenvalue weighted by molar-refractivity contribution is -0.120. The molecule has 0 bridgehead atoms. The number of sulfonamides is 1. The first-order valence-corrected chi connectivity index (χ1v) is 10.2. The molecule has 0 aliphatic rings. The summed E-state index contributed by atoms with van der Waals surface area (Å²) in [7, 11) is -2.19. The Bertz CT molecular complexity index is 885. The molecule has 27 heavy (non-hydrogen) atoms. The standard InChI is InChI=1S/C17H18F2N2O4S2/c1-21(27(23,24)13-5-3-2-4-6-13)7-8-26-12-9-14(18)17(15(19)10-12)25-11-16(20)22/h2-6,9-10H,7-8,11H2,1H3,(H2,20,22)/i1-1. The zero-order valence-corrected chi connectivity index (χ0v) is 16.0. The first kappa shape index (κ1) is 21.1. The summed E-state index contributed by atoms with van der Waals surface area (Å²) >= 11 is 1.09. The summed E-state index contributed by atoms with van der Waals surface area (Å²) in [6, 6.07) is 10.1. The van der Waals surface area contributed by atoms with E-state index in [0.717, 1.165) is 23.9 Å². The maximum Gasteiger partial charge on any atom is 0.255 e. The van der Waals surface area contributed by atoms with Crippen molar-refractivity contribution in [3.05, 3.63) is 54.1 Å². The second-order valence-corrected chi connectivity index (χ2v) is 8.67. The summed E-state index contributed by atoms with van der Waals surface area (Å²) in [5.74, 6) is -3.19. The predicted octanol–water partition coefficient (Wildman–Crippen LogP) is 2.24. The van der Waals surface area contributed by atoms with E-state index in [1.54, 1.807) is 18.2 Å². The van der Waals surface area contributed by atoms with E-state index in [0.29, 0.717) is 0 Å². The number of amides is 1. The number of nitrogens with zero attached hydrogens (tertiary/aromatic N) is 1. The smallest absolute Gasteiger partial charge is 0.255 e. The summed E-state index contributed by atoms with van der Waals surface area (Å²) in [6.45, 7) is -0.493. The maximum atomic E-state index is 13.9. The van der Waals surface area contributed by atoms with E-state index >= 15 is 0 Å². The van der Waals surface area contributed by atoms with Crippen molar-refractivity contribution in [3.8, 4) is 5.75 Å². The van der Waals surface area contributed by atoms with Crippen molar-refractivity contribution in [1.29, 1.82) is 0 Å². The van der Waals surface area contributed by atoms with Gasteiger partial charge in [0.25, 0.3) is 5.91 Å². The molecule has 2 aromatic rings. The minimum absolute atomic E-state index is 0.144. The molecule has 0 radical (unpaired) electrons. The number of ether oxygens (including phenoxy) is 1. The van der Waals surface area contributed by atoms with E-state index in [1.807, 2.05) is 0 Å². The number of rotatable bonds is 9. The summed E-state index contributed by atoms with van der Waals surface area (Å²) in [5, 5.41) is 0. The molecule has 0 atom stereocenters. The molecule has 1 amide bonds. The number of carbonyl (C=O) groups excluding carboxylic acids is 1. The van der Waals surface area contributed by atoms with Gasteiger partial charge in [0.2, 0.25) is 10.0 Å². The van der Waals surface area contributed by atoms with Crippen LogP contribution in [-0.4, -0.2) is 44.6 Å². The minimum Gasteiger partial charge on any atom is -0.478 e. The number of thioether (sulfide) groups is 1. The number of nitrogens with two attached hydrogens (primary N) is 1. The van der Waals surface area contributed by atoms with Gasteiger partial charge in [-0.05, 0) is 24.3 Å². The second kappa shape index (κ2) is 9.16. The van der Waals surface area contributed by atoms with Crippen LogP contribution in [0.4, 0.5) is 8.78 Å². The predicted molar refractivity (Wildman–Crippen MR) is 98.0 cm³/mol.